The predicted octanol–water partition coefficient (Wildman–Crippen LogP) is 4.49. The average molecular weight is 344 g/mol. The van der Waals surface area contributed by atoms with Crippen molar-refractivity contribution in [2.24, 2.45) is 0 Å². The molecule has 0 aliphatic carbocycles. The zero-order valence-electron chi connectivity index (χ0n) is 14.5. The lowest BCUT2D eigenvalue weighted by atomic mass is 10.1. The molecule has 4 heteroatoms. The van der Waals surface area contributed by atoms with Gasteiger partial charge in [-0.05, 0) is 41.0 Å². The normalized spacial score (nSPS) is 10.2. The number of nitrogens with one attached hydrogen (secondary N) is 2. The number of carbonyl (C=O) groups excluding carboxylic acids is 2. The summed E-state index contributed by atoms with van der Waals surface area (Å²) in [4.78, 5) is 23.2. The van der Waals surface area contributed by atoms with Crippen molar-refractivity contribution in [1.29, 1.82) is 0 Å². The summed E-state index contributed by atoms with van der Waals surface area (Å²) in [5.74, 6) is -0.195. The third-order valence-corrected chi connectivity index (χ3v) is 3.91. The monoisotopic (exact) mass is 344 g/mol. The van der Waals surface area contributed by atoms with Gasteiger partial charge in [-0.1, -0.05) is 54.6 Å². The summed E-state index contributed by atoms with van der Waals surface area (Å²) in [6, 6.07) is 25.1. The molecule has 0 fully saturated rings. The van der Waals surface area contributed by atoms with Crippen molar-refractivity contribution in [2.75, 3.05) is 10.6 Å². The lowest BCUT2D eigenvalue weighted by Gasteiger charge is -2.08. The molecular weight excluding hydrogens is 324 g/mol. The molecule has 3 rings (SSSR count). The van der Waals surface area contributed by atoms with Crippen LogP contribution in [0.3, 0.4) is 0 Å². The summed E-state index contributed by atoms with van der Waals surface area (Å²) in [5.41, 5.74) is 4.63. The highest BCUT2D eigenvalue weighted by atomic mass is 16.2. The Morgan fingerprint density at radius 3 is 1.85 bits per heavy atom. The molecule has 0 unspecified atom stereocenters. The van der Waals surface area contributed by atoms with Crippen LogP contribution in [-0.4, -0.2) is 11.8 Å². The van der Waals surface area contributed by atoms with Crippen LogP contribution < -0.4 is 10.6 Å². The molecular formula is C22H20N2O2. The van der Waals surface area contributed by atoms with E-state index in [0.29, 0.717) is 0 Å². The fraction of sp³-hybridized carbons (Fsp3) is 0.0909. The van der Waals surface area contributed by atoms with Crippen LogP contribution in [0.25, 0.3) is 11.1 Å². The second-order valence-corrected chi connectivity index (χ2v) is 6.05. The summed E-state index contributed by atoms with van der Waals surface area (Å²) < 4.78 is 0. The van der Waals surface area contributed by atoms with Gasteiger partial charge in [0.2, 0.25) is 11.8 Å². The number of hydrogen-bond donors (Lipinski definition) is 2. The molecule has 4 nitrogen and oxygen atoms in total. The van der Waals surface area contributed by atoms with E-state index in [-0.39, 0.29) is 18.2 Å². The van der Waals surface area contributed by atoms with E-state index in [0.717, 1.165) is 28.1 Å². The van der Waals surface area contributed by atoms with Gasteiger partial charge in [-0.2, -0.15) is 0 Å². The fourth-order valence-corrected chi connectivity index (χ4v) is 2.68. The maximum Gasteiger partial charge on any atom is 0.228 e. The van der Waals surface area contributed by atoms with Crippen LogP contribution in [-0.2, 0) is 16.0 Å². The zero-order valence-corrected chi connectivity index (χ0v) is 14.5. The van der Waals surface area contributed by atoms with E-state index >= 15 is 0 Å². The van der Waals surface area contributed by atoms with Gasteiger partial charge in [0, 0.05) is 18.3 Å². The van der Waals surface area contributed by atoms with E-state index in [9.17, 15) is 9.59 Å². The molecule has 0 aliphatic heterocycles. The van der Waals surface area contributed by atoms with Crippen molar-refractivity contribution in [3.8, 4) is 11.1 Å². The highest BCUT2D eigenvalue weighted by Gasteiger charge is 2.05. The molecule has 0 aromatic heterocycles. The zero-order chi connectivity index (χ0) is 18.4. The van der Waals surface area contributed by atoms with Gasteiger partial charge in [0.15, 0.2) is 0 Å². The van der Waals surface area contributed by atoms with Crippen LogP contribution in [0, 0.1) is 0 Å². The van der Waals surface area contributed by atoms with Gasteiger partial charge in [-0.15, -0.1) is 0 Å². The second kappa shape index (κ2) is 8.12. The van der Waals surface area contributed by atoms with Crippen LogP contribution in [0.4, 0.5) is 11.4 Å². The van der Waals surface area contributed by atoms with Crippen molar-refractivity contribution in [1.82, 2.24) is 0 Å². The van der Waals surface area contributed by atoms with E-state index in [1.807, 2.05) is 54.6 Å². The van der Waals surface area contributed by atoms with Gasteiger partial charge in [0.05, 0.1) is 6.42 Å². The SMILES string of the molecule is CC(=O)Nc1ccc(CC(=O)Nc2ccc(-c3ccccc3)cc2)cc1. The average Bonchev–Trinajstić information content (AvgIpc) is 2.64. The van der Waals surface area contributed by atoms with Gasteiger partial charge in [0.25, 0.3) is 0 Å². The smallest absolute Gasteiger partial charge is 0.228 e. The van der Waals surface area contributed by atoms with Gasteiger partial charge in [-0.3, -0.25) is 9.59 Å². The van der Waals surface area contributed by atoms with Crippen LogP contribution in [0.1, 0.15) is 12.5 Å². The topological polar surface area (TPSA) is 58.2 Å². The van der Waals surface area contributed by atoms with Gasteiger partial charge < -0.3 is 10.6 Å². The Labute approximate surface area is 152 Å². The standard InChI is InChI=1S/C22H20N2O2/c1-16(25)23-20-11-7-17(8-12-20)15-22(26)24-21-13-9-19(10-14-21)18-5-3-2-4-6-18/h2-14H,15H2,1H3,(H,23,25)(H,24,26). The van der Waals surface area contributed by atoms with E-state index < -0.39 is 0 Å². The van der Waals surface area contributed by atoms with Crippen molar-refractivity contribution in [2.45, 2.75) is 13.3 Å². The van der Waals surface area contributed by atoms with E-state index in [1.165, 1.54) is 6.92 Å². The van der Waals surface area contributed by atoms with E-state index in [2.05, 4.69) is 22.8 Å². The first-order chi connectivity index (χ1) is 12.6. The first-order valence-electron chi connectivity index (χ1n) is 8.42. The molecule has 0 aliphatic rings. The lowest BCUT2D eigenvalue weighted by molar-refractivity contribution is -0.116. The molecule has 3 aromatic rings. The largest absolute Gasteiger partial charge is 0.326 e. The maximum absolute atomic E-state index is 12.2. The van der Waals surface area contributed by atoms with Crippen molar-refractivity contribution >= 4 is 23.2 Å². The first-order valence-corrected chi connectivity index (χ1v) is 8.42. The second-order valence-electron chi connectivity index (χ2n) is 6.05. The lowest BCUT2D eigenvalue weighted by Crippen LogP contribution is -2.14. The number of hydrogen-bond acceptors (Lipinski definition) is 2. The minimum atomic E-state index is -0.116. The molecule has 0 heterocycles. The third kappa shape index (κ3) is 4.80. The molecule has 2 amide bonds. The van der Waals surface area contributed by atoms with E-state index in [1.54, 1.807) is 12.1 Å². The minimum absolute atomic E-state index is 0.0789. The molecule has 0 atom stereocenters. The number of amides is 2. The Hall–Kier alpha value is -3.40. The molecule has 2 N–H and O–H groups in total. The summed E-state index contributed by atoms with van der Waals surface area (Å²) in [6.07, 6.45) is 0.279. The number of benzene rings is 3. The van der Waals surface area contributed by atoms with Gasteiger partial charge in [0.1, 0.15) is 0 Å². The summed E-state index contributed by atoms with van der Waals surface area (Å²) in [6.45, 7) is 1.46. The Morgan fingerprint density at radius 1 is 0.692 bits per heavy atom. The van der Waals surface area contributed by atoms with Crippen LogP contribution in [0.15, 0.2) is 78.9 Å². The first kappa shape index (κ1) is 17.4. The predicted molar refractivity (Wildman–Crippen MR) is 105 cm³/mol. The van der Waals surface area contributed by atoms with Crippen LogP contribution in [0.5, 0.6) is 0 Å². The molecule has 26 heavy (non-hydrogen) atoms. The van der Waals surface area contributed by atoms with Crippen LogP contribution in [0.2, 0.25) is 0 Å². The Bertz CT molecular complexity index is 886. The molecule has 0 radical (unpaired) electrons. The number of rotatable bonds is 5. The maximum atomic E-state index is 12.2. The number of carbonyl (C=O) groups is 2. The summed E-state index contributed by atoms with van der Waals surface area (Å²) >= 11 is 0. The fourth-order valence-electron chi connectivity index (χ4n) is 2.68. The molecule has 130 valence electrons. The molecule has 0 saturated carbocycles. The molecule has 0 bridgehead atoms. The quantitative estimate of drug-likeness (QED) is 0.716. The highest BCUT2D eigenvalue weighted by Crippen LogP contribution is 2.21. The van der Waals surface area contributed by atoms with Crippen molar-refractivity contribution in [3.63, 3.8) is 0 Å². The van der Waals surface area contributed by atoms with Crippen molar-refractivity contribution < 1.29 is 9.59 Å². The Morgan fingerprint density at radius 2 is 1.23 bits per heavy atom. The van der Waals surface area contributed by atoms with Crippen molar-refractivity contribution in [3.05, 3.63) is 84.4 Å². The Balaban J connectivity index is 1.58. The molecule has 0 saturated heterocycles. The van der Waals surface area contributed by atoms with Crippen LogP contribution >= 0.6 is 0 Å². The van der Waals surface area contributed by atoms with Gasteiger partial charge >= 0.3 is 0 Å². The number of anilines is 2. The Kier molecular flexibility index (Phi) is 5.44. The van der Waals surface area contributed by atoms with Gasteiger partial charge in [-0.25, -0.2) is 0 Å². The molecule has 0 spiro atoms. The van der Waals surface area contributed by atoms with E-state index in [4.69, 9.17) is 0 Å². The highest BCUT2D eigenvalue weighted by molar-refractivity contribution is 5.93. The third-order valence-electron chi connectivity index (χ3n) is 3.91. The minimum Gasteiger partial charge on any atom is -0.326 e. The molecule has 3 aromatic carbocycles. The summed E-state index contributed by atoms with van der Waals surface area (Å²) in [5, 5.41) is 5.61. The summed E-state index contributed by atoms with van der Waals surface area (Å²) in [7, 11) is 0.